The second-order valence-corrected chi connectivity index (χ2v) is 5.82. The maximum atomic E-state index is 12.5. The third-order valence-electron chi connectivity index (χ3n) is 4.26. The Kier molecular flexibility index (Phi) is 5.74. The molecule has 4 heteroatoms. The van der Waals surface area contributed by atoms with Gasteiger partial charge in [0.1, 0.15) is 16.9 Å². The highest BCUT2D eigenvalue weighted by molar-refractivity contribution is 6.03. The number of Topliss-reactive ketones (excluding diaryl/α,β-unsaturated/α-hetero) is 1. The highest BCUT2D eigenvalue weighted by Crippen LogP contribution is 2.31. The van der Waals surface area contributed by atoms with Gasteiger partial charge in [-0.15, -0.1) is 0 Å². The molecule has 0 spiro atoms. The van der Waals surface area contributed by atoms with E-state index in [1.165, 1.54) is 14.0 Å². The third kappa shape index (κ3) is 3.82. The van der Waals surface area contributed by atoms with E-state index in [1.54, 1.807) is 7.11 Å². The summed E-state index contributed by atoms with van der Waals surface area (Å²) in [5.41, 5.74) is 0.573. The van der Waals surface area contributed by atoms with Crippen LogP contribution in [-0.4, -0.2) is 26.0 Å². The fourth-order valence-corrected chi connectivity index (χ4v) is 2.83. The molecule has 0 aliphatic heterocycles. The van der Waals surface area contributed by atoms with Gasteiger partial charge >= 0.3 is 5.97 Å². The molecule has 0 aliphatic rings. The Morgan fingerprint density at radius 1 is 0.875 bits per heavy atom. The fourth-order valence-electron chi connectivity index (χ4n) is 2.83. The highest BCUT2D eigenvalue weighted by atomic mass is 16.5. The summed E-state index contributed by atoms with van der Waals surface area (Å²) in [6.45, 7) is 1.45. The number of esters is 1. The summed E-state index contributed by atoms with van der Waals surface area (Å²) < 4.78 is 10.1. The van der Waals surface area contributed by atoms with Crippen molar-refractivity contribution in [3.05, 3.63) is 65.7 Å². The van der Waals surface area contributed by atoms with E-state index in [0.717, 1.165) is 16.9 Å². The van der Waals surface area contributed by atoms with E-state index in [0.29, 0.717) is 6.42 Å². The maximum absolute atomic E-state index is 12.5. The van der Waals surface area contributed by atoms with E-state index in [-0.39, 0.29) is 12.2 Å². The third-order valence-corrected chi connectivity index (χ3v) is 4.26. The average molecular weight is 326 g/mol. The van der Waals surface area contributed by atoms with Crippen LogP contribution in [0.4, 0.5) is 0 Å². The van der Waals surface area contributed by atoms with Crippen LogP contribution < -0.4 is 4.74 Å². The summed E-state index contributed by atoms with van der Waals surface area (Å²) in [7, 11) is 2.91. The summed E-state index contributed by atoms with van der Waals surface area (Å²) in [4.78, 5) is 25.0. The van der Waals surface area contributed by atoms with E-state index < -0.39 is 11.4 Å². The lowest BCUT2D eigenvalue weighted by molar-refractivity contribution is -0.157. The number of hydrogen-bond acceptors (Lipinski definition) is 4. The first-order valence-corrected chi connectivity index (χ1v) is 7.78. The number of ether oxygens (including phenoxy) is 2. The van der Waals surface area contributed by atoms with Gasteiger partial charge in [-0.25, -0.2) is 0 Å². The molecule has 2 aromatic rings. The van der Waals surface area contributed by atoms with Crippen molar-refractivity contribution in [2.24, 2.45) is 5.41 Å². The Morgan fingerprint density at radius 3 is 1.88 bits per heavy atom. The van der Waals surface area contributed by atoms with Gasteiger partial charge in [-0.05, 0) is 43.0 Å². The molecule has 1 atom stereocenters. The molecule has 2 aromatic carbocycles. The predicted molar refractivity (Wildman–Crippen MR) is 92.0 cm³/mol. The van der Waals surface area contributed by atoms with Gasteiger partial charge in [-0.3, -0.25) is 9.59 Å². The van der Waals surface area contributed by atoms with Gasteiger partial charge in [-0.2, -0.15) is 0 Å². The first-order valence-electron chi connectivity index (χ1n) is 7.78. The minimum Gasteiger partial charge on any atom is -0.497 e. The molecule has 0 amide bonds. The van der Waals surface area contributed by atoms with Crippen LogP contribution in [0, 0.1) is 5.41 Å². The zero-order valence-electron chi connectivity index (χ0n) is 14.2. The molecular weight excluding hydrogens is 304 g/mol. The maximum Gasteiger partial charge on any atom is 0.320 e. The molecule has 0 saturated heterocycles. The molecule has 2 rings (SSSR count). The van der Waals surface area contributed by atoms with Gasteiger partial charge in [0.25, 0.3) is 0 Å². The van der Waals surface area contributed by atoms with E-state index in [9.17, 15) is 9.59 Å². The van der Waals surface area contributed by atoms with Crippen LogP contribution in [0.25, 0.3) is 0 Å². The molecule has 126 valence electrons. The quantitative estimate of drug-likeness (QED) is 0.579. The predicted octanol–water partition coefficient (Wildman–Crippen LogP) is 3.23. The van der Waals surface area contributed by atoms with E-state index in [1.807, 2.05) is 54.6 Å². The Bertz CT molecular complexity index is 691. The zero-order chi connectivity index (χ0) is 17.6. The lowest BCUT2D eigenvalue weighted by Gasteiger charge is -2.29. The van der Waals surface area contributed by atoms with Gasteiger partial charge < -0.3 is 9.47 Å². The first-order chi connectivity index (χ1) is 11.5. The SMILES string of the molecule is COC(=O)C(Cc1ccccc1)(Cc1ccc(OC)cc1)C(C)=O. The van der Waals surface area contributed by atoms with Gasteiger partial charge in [0.2, 0.25) is 0 Å². The van der Waals surface area contributed by atoms with Crippen molar-refractivity contribution in [2.45, 2.75) is 19.8 Å². The zero-order valence-corrected chi connectivity index (χ0v) is 14.2. The number of carbonyl (C=O) groups excluding carboxylic acids is 2. The van der Waals surface area contributed by atoms with Crippen LogP contribution in [-0.2, 0) is 27.2 Å². The van der Waals surface area contributed by atoms with Gasteiger partial charge in [0.15, 0.2) is 0 Å². The molecule has 4 nitrogen and oxygen atoms in total. The number of methoxy groups -OCH3 is 2. The van der Waals surface area contributed by atoms with Crippen LogP contribution in [0.2, 0.25) is 0 Å². The fraction of sp³-hybridized carbons (Fsp3) is 0.300. The Morgan fingerprint density at radius 2 is 1.42 bits per heavy atom. The smallest absolute Gasteiger partial charge is 0.320 e. The van der Waals surface area contributed by atoms with Crippen molar-refractivity contribution in [2.75, 3.05) is 14.2 Å². The minimum absolute atomic E-state index is 0.200. The van der Waals surface area contributed by atoms with Crippen molar-refractivity contribution < 1.29 is 19.1 Å². The topological polar surface area (TPSA) is 52.6 Å². The van der Waals surface area contributed by atoms with Crippen LogP contribution in [0.15, 0.2) is 54.6 Å². The van der Waals surface area contributed by atoms with Crippen LogP contribution in [0.5, 0.6) is 5.75 Å². The van der Waals surface area contributed by atoms with Crippen molar-refractivity contribution in [3.8, 4) is 5.75 Å². The number of hydrogen-bond donors (Lipinski definition) is 0. The summed E-state index contributed by atoms with van der Waals surface area (Å²) in [6, 6.07) is 16.9. The molecule has 0 fully saturated rings. The van der Waals surface area contributed by atoms with Crippen molar-refractivity contribution in [3.63, 3.8) is 0 Å². The van der Waals surface area contributed by atoms with E-state index in [2.05, 4.69) is 0 Å². The van der Waals surface area contributed by atoms with Crippen molar-refractivity contribution in [1.29, 1.82) is 0 Å². The summed E-state index contributed by atoms with van der Waals surface area (Å²) in [5.74, 6) is 0.0250. The lowest BCUT2D eigenvalue weighted by atomic mass is 9.73. The second kappa shape index (κ2) is 7.77. The molecule has 0 radical (unpaired) electrons. The molecule has 1 unspecified atom stereocenters. The second-order valence-electron chi connectivity index (χ2n) is 5.82. The minimum atomic E-state index is -1.23. The van der Waals surface area contributed by atoms with Crippen LogP contribution in [0.1, 0.15) is 18.1 Å². The van der Waals surface area contributed by atoms with Crippen LogP contribution >= 0.6 is 0 Å². The van der Waals surface area contributed by atoms with Crippen LogP contribution in [0.3, 0.4) is 0 Å². The molecule has 24 heavy (non-hydrogen) atoms. The Labute approximate surface area is 142 Å². The normalized spacial score (nSPS) is 13.0. The molecule has 0 heterocycles. The largest absolute Gasteiger partial charge is 0.497 e. The Hall–Kier alpha value is -2.62. The van der Waals surface area contributed by atoms with Gasteiger partial charge in [-0.1, -0.05) is 42.5 Å². The molecule has 0 aromatic heterocycles. The standard InChI is InChI=1S/C20H22O4/c1-15(21)20(19(22)24-3,13-16-7-5-4-6-8-16)14-17-9-11-18(23-2)12-10-17/h4-12H,13-14H2,1-3H3. The number of rotatable bonds is 7. The molecule has 0 N–H and O–H groups in total. The Balaban J connectivity index is 2.40. The molecular formula is C20H22O4. The number of ketones is 1. The van der Waals surface area contributed by atoms with E-state index in [4.69, 9.17) is 9.47 Å². The monoisotopic (exact) mass is 326 g/mol. The average Bonchev–Trinajstić information content (AvgIpc) is 2.61. The van der Waals surface area contributed by atoms with Gasteiger partial charge in [0.05, 0.1) is 14.2 Å². The molecule has 0 saturated carbocycles. The first kappa shape index (κ1) is 17.7. The molecule has 0 aliphatic carbocycles. The lowest BCUT2D eigenvalue weighted by Crippen LogP contribution is -2.43. The van der Waals surface area contributed by atoms with Crippen molar-refractivity contribution >= 4 is 11.8 Å². The van der Waals surface area contributed by atoms with Gasteiger partial charge in [0, 0.05) is 0 Å². The highest BCUT2D eigenvalue weighted by Gasteiger charge is 2.44. The number of carbonyl (C=O) groups is 2. The van der Waals surface area contributed by atoms with Crippen molar-refractivity contribution in [1.82, 2.24) is 0 Å². The summed E-state index contributed by atoms with van der Waals surface area (Å²) >= 11 is 0. The summed E-state index contributed by atoms with van der Waals surface area (Å²) in [6.07, 6.45) is 0.593. The number of benzene rings is 2. The molecule has 0 bridgehead atoms. The van der Waals surface area contributed by atoms with E-state index >= 15 is 0 Å². The summed E-state index contributed by atoms with van der Waals surface area (Å²) in [5, 5.41) is 0.